The summed E-state index contributed by atoms with van der Waals surface area (Å²) in [6.07, 6.45) is 3.43. The Morgan fingerprint density at radius 3 is 2.62 bits per heavy atom. The molecular weight excluding hydrogens is 268 g/mol. The Kier molecular flexibility index (Phi) is 5.15. The quantitative estimate of drug-likeness (QED) is 0.886. The van der Waals surface area contributed by atoms with E-state index in [0.29, 0.717) is 30.2 Å². The highest BCUT2D eigenvalue weighted by Crippen LogP contribution is 2.28. The Hall–Kier alpha value is -2.56. The van der Waals surface area contributed by atoms with E-state index in [1.807, 2.05) is 19.1 Å². The van der Waals surface area contributed by atoms with Crippen LogP contribution in [0, 0.1) is 0 Å². The minimum absolute atomic E-state index is 0.128. The zero-order valence-electron chi connectivity index (χ0n) is 12.1. The number of benzene rings is 1. The van der Waals surface area contributed by atoms with Gasteiger partial charge in [-0.05, 0) is 42.8 Å². The van der Waals surface area contributed by atoms with Gasteiger partial charge in [-0.15, -0.1) is 0 Å². The van der Waals surface area contributed by atoms with Gasteiger partial charge in [0.05, 0.1) is 7.11 Å². The highest BCUT2D eigenvalue weighted by atomic mass is 16.5. The number of carbonyl (C=O) groups excluding carboxylic acids is 1. The molecule has 21 heavy (non-hydrogen) atoms. The number of amides is 1. The van der Waals surface area contributed by atoms with Crippen molar-refractivity contribution in [2.45, 2.75) is 13.5 Å². The Morgan fingerprint density at radius 1 is 1.19 bits per heavy atom. The second-order valence-corrected chi connectivity index (χ2v) is 4.37. The molecule has 1 aromatic carbocycles. The van der Waals surface area contributed by atoms with Crippen molar-refractivity contribution in [3.63, 3.8) is 0 Å². The van der Waals surface area contributed by atoms with Crippen LogP contribution >= 0.6 is 0 Å². The molecule has 0 atom stereocenters. The van der Waals surface area contributed by atoms with Gasteiger partial charge in [-0.1, -0.05) is 0 Å². The van der Waals surface area contributed by atoms with Crippen molar-refractivity contribution in [3.8, 4) is 11.5 Å². The fourth-order valence-electron chi connectivity index (χ4n) is 1.83. The number of carbonyl (C=O) groups is 1. The lowest BCUT2D eigenvalue weighted by molar-refractivity contribution is 0.0955. The van der Waals surface area contributed by atoms with Gasteiger partial charge in [0, 0.05) is 24.5 Å². The third-order valence-corrected chi connectivity index (χ3v) is 2.91. The van der Waals surface area contributed by atoms with Crippen LogP contribution in [0.3, 0.4) is 0 Å². The fourth-order valence-corrected chi connectivity index (χ4v) is 1.83. The Balaban J connectivity index is 2.11. The van der Waals surface area contributed by atoms with Crippen molar-refractivity contribution in [3.05, 3.63) is 53.9 Å². The van der Waals surface area contributed by atoms with Gasteiger partial charge < -0.3 is 14.8 Å². The molecule has 2 aromatic rings. The standard InChI is InChI=1S/C16H18N2O3/c1-3-18-16(19)13-4-5-14(15(10-13)20-2)21-11-12-6-8-17-9-7-12/h4-10H,3,11H2,1-2H3,(H,18,19). The van der Waals surface area contributed by atoms with Crippen LogP contribution in [0.2, 0.25) is 0 Å². The first-order valence-corrected chi connectivity index (χ1v) is 6.72. The van der Waals surface area contributed by atoms with Crippen LogP contribution in [0.5, 0.6) is 11.5 Å². The van der Waals surface area contributed by atoms with Gasteiger partial charge in [-0.2, -0.15) is 0 Å². The molecular formula is C16H18N2O3. The summed E-state index contributed by atoms with van der Waals surface area (Å²) in [5.41, 5.74) is 1.56. The summed E-state index contributed by atoms with van der Waals surface area (Å²) in [7, 11) is 1.55. The van der Waals surface area contributed by atoms with Crippen molar-refractivity contribution in [1.29, 1.82) is 0 Å². The summed E-state index contributed by atoms with van der Waals surface area (Å²) in [6.45, 7) is 2.88. The van der Waals surface area contributed by atoms with Gasteiger partial charge in [0.25, 0.3) is 5.91 Å². The number of nitrogens with one attached hydrogen (secondary N) is 1. The molecule has 1 amide bonds. The summed E-state index contributed by atoms with van der Waals surface area (Å²) in [6, 6.07) is 8.90. The van der Waals surface area contributed by atoms with Crippen LogP contribution in [-0.4, -0.2) is 24.5 Å². The smallest absolute Gasteiger partial charge is 0.251 e. The van der Waals surface area contributed by atoms with Crippen molar-refractivity contribution in [1.82, 2.24) is 10.3 Å². The number of methoxy groups -OCH3 is 1. The minimum atomic E-state index is -0.128. The molecule has 0 aliphatic rings. The molecule has 1 aromatic heterocycles. The first-order chi connectivity index (χ1) is 10.2. The summed E-state index contributed by atoms with van der Waals surface area (Å²) < 4.78 is 11.0. The van der Waals surface area contributed by atoms with Crippen LogP contribution in [0.1, 0.15) is 22.8 Å². The van der Waals surface area contributed by atoms with Gasteiger partial charge in [0.2, 0.25) is 0 Å². The minimum Gasteiger partial charge on any atom is -0.493 e. The second kappa shape index (κ2) is 7.28. The molecule has 0 saturated carbocycles. The molecule has 5 nitrogen and oxygen atoms in total. The first kappa shape index (κ1) is 14.8. The Bertz CT molecular complexity index is 600. The number of nitrogens with zero attached hydrogens (tertiary/aromatic N) is 1. The largest absolute Gasteiger partial charge is 0.493 e. The lowest BCUT2D eigenvalue weighted by Crippen LogP contribution is -2.22. The second-order valence-electron chi connectivity index (χ2n) is 4.37. The summed E-state index contributed by atoms with van der Waals surface area (Å²) in [5.74, 6) is 1.01. The highest BCUT2D eigenvalue weighted by Gasteiger charge is 2.10. The van der Waals surface area contributed by atoms with Crippen molar-refractivity contribution in [2.24, 2.45) is 0 Å². The summed E-state index contributed by atoms with van der Waals surface area (Å²) in [5, 5.41) is 2.75. The molecule has 1 heterocycles. The molecule has 2 rings (SSSR count). The SMILES string of the molecule is CCNC(=O)c1ccc(OCc2ccncc2)c(OC)c1. The molecule has 0 radical (unpaired) electrons. The van der Waals surface area contributed by atoms with Crippen molar-refractivity contribution >= 4 is 5.91 Å². The molecule has 0 saturated heterocycles. The number of hydrogen-bond donors (Lipinski definition) is 1. The monoisotopic (exact) mass is 286 g/mol. The van der Waals surface area contributed by atoms with Gasteiger partial charge in [0.15, 0.2) is 11.5 Å². The van der Waals surface area contributed by atoms with Crippen molar-refractivity contribution < 1.29 is 14.3 Å². The van der Waals surface area contributed by atoms with Gasteiger partial charge in [-0.25, -0.2) is 0 Å². The maximum atomic E-state index is 11.8. The molecule has 1 N–H and O–H groups in total. The van der Waals surface area contributed by atoms with E-state index in [9.17, 15) is 4.79 Å². The van der Waals surface area contributed by atoms with E-state index in [-0.39, 0.29) is 5.91 Å². The van der Waals surface area contributed by atoms with E-state index in [1.54, 1.807) is 37.7 Å². The zero-order valence-corrected chi connectivity index (χ0v) is 12.1. The van der Waals surface area contributed by atoms with Crippen LogP contribution < -0.4 is 14.8 Å². The molecule has 0 bridgehead atoms. The van der Waals surface area contributed by atoms with Crippen LogP contribution in [0.4, 0.5) is 0 Å². The maximum absolute atomic E-state index is 11.8. The number of aromatic nitrogens is 1. The van der Waals surface area contributed by atoms with Gasteiger partial charge in [-0.3, -0.25) is 9.78 Å². The zero-order chi connectivity index (χ0) is 15.1. The van der Waals surface area contributed by atoms with E-state index in [0.717, 1.165) is 5.56 Å². The first-order valence-electron chi connectivity index (χ1n) is 6.72. The van der Waals surface area contributed by atoms with Crippen LogP contribution in [-0.2, 0) is 6.61 Å². The molecule has 5 heteroatoms. The average molecular weight is 286 g/mol. The number of pyridine rings is 1. The molecule has 0 unspecified atom stereocenters. The van der Waals surface area contributed by atoms with E-state index < -0.39 is 0 Å². The van der Waals surface area contributed by atoms with Crippen LogP contribution in [0.15, 0.2) is 42.7 Å². The highest BCUT2D eigenvalue weighted by molar-refractivity contribution is 5.94. The maximum Gasteiger partial charge on any atom is 0.251 e. The normalized spacial score (nSPS) is 10.0. The van der Waals surface area contributed by atoms with Gasteiger partial charge >= 0.3 is 0 Å². The fraction of sp³-hybridized carbons (Fsp3) is 0.250. The van der Waals surface area contributed by atoms with E-state index in [2.05, 4.69) is 10.3 Å². The topological polar surface area (TPSA) is 60.5 Å². The Morgan fingerprint density at radius 2 is 1.95 bits per heavy atom. The Labute approximate surface area is 123 Å². The molecule has 0 aliphatic carbocycles. The van der Waals surface area contributed by atoms with Gasteiger partial charge in [0.1, 0.15) is 6.61 Å². The lowest BCUT2D eigenvalue weighted by Gasteiger charge is -2.12. The molecule has 110 valence electrons. The van der Waals surface area contributed by atoms with Crippen molar-refractivity contribution in [2.75, 3.05) is 13.7 Å². The number of ether oxygens (including phenoxy) is 2. The number of hydrogen-bond acceptors (Lipinski definition) is 4. The predicted octanol–water partition coefficient (Wildman–Crippen LogP) is 2.42. The summed E-state index contributed by atoms with van der Waals surface area (Å²) >= 11 is 0. The summed E-state index contributed by atoms with van der Waals surface area (Å²) in [4.78, 5) is 15.7. The third-order valence-electron chi connectivity index (χ3n) is 2.91. The third kappa shape index (κ3) is 3.95. The lowest BCUT2D eigenvalue weighted by atomic mass is 10.2. The van der Waals surface area contributed by atoms with E-state index in [4.69, 9.17) is 9.47 Å². The van der Waals surface area contributed by atoms with E-state index in [1.165, 1.54) is 0 Å². The number of rotatable bonds is 6. The molecule has 0 spiro atoms. The van der Waals surface area contributed by atoms with E-state index >= 15 is 0 Å². The average Bonchev–Trinajstić information content (AvgIpc) is 2.54. The predicted molar refractivity (Wildman–Crippen MR) is 79.6 cm³/mol. The molecule has 0 fully saturated rings. The van der Waals surface area contributed by atoms with Crippen LogP contribution in [0.25, 0.3) is 0 Å². The molecule has 0 aliphatic heterocycles.